The number of fused-ring (bicyclic) bond motifs is 1. The number of rotatable bonds is 2. The number of hydrogen-bond acceptors (Lipinski definition) is 3. The van der Waals surface area contributed by atoms with Gasteiger partial charge in [0.2, 0.25) is 0 Å². The number of nitriles is 1. The summed E-state index contributed by atoms with van der Waals surface area (Å²) in [5.74, 6) is 0. The highest BCUT2D eigenvalue weighted by atomic mass is 32.1. The molecule has 1 aromatic carbocycles. The molecule has 0 amide bonds. The van der Waals surface area contributed by atoms with Gasteiger partial charge in [-0.3, -0.25) is 4.40 Å². The van der Waals surface area contributed by atoms with E-state index in [0.29, 0.717) is 6.42 Å². The fourth-order valence-corrected chi connectivity index (χ4v) is 2.66. The zero-order chi connectivity index (χ0) is 11.7. The second-order valence-electron chi connectivity index (χ2n) is 3.71. The summed E-state index contributed by atoms with van der Waals surface area (Å²) in [6.45, 7) is 0. The smallest absolute Gasteiger partial charge is 0.194 e. The first-order valence-electron chi connectivity index (χ1n) is 5.26. The molecule has 4 heteroatoms. The molecule has 3 aromatic rings. The molecule has 0 radical (unpaired) electrons. The van der Waals surface area contributed by atoms with Gasteiger partial charge >= 0.3 is 0 Å². The molecule has 3 rings (SSSR count). The minimum Gasteiger partial charge on any atom is -0.293 e. The molecule has 82 valence electrons. The van der Waals surface area contributed by atoms with Crippen LogP contribution in [0.4, 0.5) is 0 Å². The average Bonchev–Trinajstić information content (AvgIpc) is 2.93. The van der Waals surface area contributed by atoms with Crippen molar-refractivity contribution in [1.29, 1.82) is 5.26 Å². The number of nitrogens with zero attached hydrogens (tertiary/aromatic N) is 3. The van der Waals surface area contributed by atoms with Crippen LogP contribution in [0.25, 0.3) is 16.2 Å². The van der Waals surface area contributed by atoms with Crippen molar-refractivity contribution in [3.05, 3.63) is 47.6 Å². The monoisotopic (exact) mass is 239 g/mol. The van der Waals surface area contributed by atoms with Crippen molar-refractivity contribution in [2.45, 2.75) is 6.42 Å². The zero-order valence-electron chi connectivity index (χ0n) is 9.00. The molecule has 0 saturated heterocycles. The molecule has 0 N–H and O–H groups in total. The molecule has 0 bridgehead atoms. The second kappa shape index (κ2) is 4.04. The summed E-state index contributed by atoms with van der Waals surface area (Å²) in [5.41, 5.74) is 3.06. The Balaban J connectivity index is 2.12. The molecule has 3 nitrogen and oxygen atoms in total. The van der Waals surface area contributed by atoms with Gasteiger partial charge in [0.15, 0.2) is 4.96 Å². The molecule has 2 heterocycles. The van der Waals surface area contributed by atoms with Gasteiger partial charge < -0.3 is 0 Å². The number of benzene rings is 1. The van der Waals surface area contributed by atoms with Crippen LogP contribution in [0.15, 0.2) is 41.9 Å². The molecule has 0 aliphatic rings. The van der Waals surface area contributed by atoms with E-state index in [0.717, 1.165) is 21.9 Å². The predicted molar refractivity (Wildman–Crippen MR) is 67.8 cm³/mol. The Hall–Kier alpha value is -2.12. The van der Waals surface area contributed by atoms with Crippen molar-refractivity contribution in [2.24, 2.45) is 0 Å². The van der Waals surface area contributed by atoms with E-state index in [1.54, 1.807) is 11.3 Å². The zero-order valence-corrected chi connectivity index (χ0v) is 9.81. The van der Waals surface area contributed by atoms with Crippen molar-refractivity contribution in [1.82, 2.24) is 9.38 Å². The van der Waals surface area contributed by atoms with Crippen LogP contribution in [-0.2, 0) is 6.42 Å². The fraction of sp³-hybridized carbons (Fsp3) is 0.0769. The first-order chi connectivity index (χ1) is 8.38. The van der Waals surface area contributed by atoms with E-state index in [1.807, 2.05) is 46.3 Å². The molecule has 0 saturated carbocycles. The van der Waals surface area contributed by atoms with Gasteiger partial charge in [0.25, 0.3) is 0 Å². The SMILES string of the molecule is N#CCc1csc2nc(-c3ccccc3)cn12. The van der Waals surface area contributed by atoms with Crippen LogP contribution in [0.5, 0.6) is 0 Å². The van der Waals surface area contributed by atoms with Crippen molar-refractivity contribution < 1.29 is 0 Å². The Bertz CT molecular complexity index is 688. The summed E-state index contributed by atoms with van der Waals surface area (Å²) in [6, 6.07) is 12.2. The van der Waals surface area contributed by atoms with Gasteiger partial charge in [-0.15, -0.1) is 11.3 Å². The van der Waals surface area contributed by atoms with Gasteiger partial charge in [0.05, 0.1) is 18.2 Å². The summed E-state index contributed by atoms with van der Waals surface area (Å²) in [4.78, 5) is 5.50. The minimum absolute atomic E-state index is 0.421. The lowest BCUT2D eigenvalue weighted by atomic mass is 10.2. The standard InChI is InChI=1S/C13H9N3S/c14-7-6-11-9-17-13-15-12(8-16(11)13)10-4-2-1-3-5-10/h1-5,8-9H,6H2. The lowest BCUT2D eigenvalue weighted by molar-refractivity contribution is 1.07. The lowest BCUT2D eigenvalue weighted by Gasteiger charge is -1.93. The van der Waals surface area contributed by atoms with E-state index in [9.17, 15) is 0 Å². The molecule has 0 aliphatic carbocycles. The highest BCUT2D eigenvalue weighted by Crippen LogP contribution is 2.23. The highest BCUT2D eigenvalue weighted by molar-refractivity contribution is 7.15. The third kappa shape index (κ3) is 1.71. The molecule has 0 spiro atoms. The molecule has 0 unspecified atom stereocenters. The van der Waals surface area contributed by atoms with E-state index >= 15 is 0 Å². The van der Waals surface area contributed by atoms with Crippen LogP contribution in [0, 0.1) is 11.3 Å². The van der Waals surface area contributed by atoms with Crippen LogP contribution >= 0.6 is 11.3 Å². The van der Waals surface area contributed by atoms with Gasteiger partial charge in [-0.25, -0.2) is 4.98 Å². The third-order valence-electron chi connectivity index (χ3n) is 2.61. The molecule has 0 fully saturated rings. The Morgan fingerprint density at radius 1 is 1.29 bits per heavy atom. The summed E-state index contributed by atoms with van der Waals surface area (Å²) in [7, 11) is 0. The van der Waals surface area contributed by atoms with E-state index in [4.69, 9.17) is 5.26 Å². The first kappa shape index (κ1) is 10.1. The summed E-state index contributed by atoms with van der Waals surface area (Å²) >= 11 is 1.57. The normalized spacial score (nSPS) is 10.5. The van der Waals surface area contributed by atoms with Gasteiger partial charge in [0.1, 0.15) is 0 Å². The van der Waals surface area contributed by atoms with Crippen LogP contribution < -0.4 is 0 Å². The number of hydrogen-bond donors (Lipinski definition) is 0. The van der Waals surface area contributed by atoms with Gasteiger partial charge in [-0.1, -0.05) is 30.3 Å². The quantitative estimate of drug-likeness (QED) is 0.689. The molecule has 2 aromatic heterocycles. The van der Waals surface area contributed by atoms with Crippen molar-refractivity contribution in [3.8, 4) is 17.3 Å². The summed E-state index contributed by atoms with van der Waals surface area (Å²) in [5, 5.41) is 10.7. The van der Waals surface area contributed by atoms with Gasteiger partial charge in [0, 0.05) is 22.8 Å². The summed E-state index contributed by atoms with van der Waals surface area (Å²) in [6.07, 6.45) is 2.42. The molecule has 0 atom stereocenters. The molecular formula is C13H9N3S. The van der Waals surface area contributed by atoms with E-state index in [1.165, 1.54) is 0 Å². The maximum Gasteiger partial charge on any atom is 0.194 e. The minimum atomic E-state index is 0.421. The summed E-state index contributed by atoms with van der Waals surface area (Å²) < 4.78 is 2.00. The predicted octanol–water partition coefficient (Wildman–Crippen LogP) is 3.13. The number of aromatic nitrogens is 2. The molecule has 17 heavy (non-hydrogen) atoms. The largest absolute Gasteiger partial charge is 0.293 e. The van der Waals surface area contributed by atoms with Gasteiger partial charge in [-0.05, 0) is 0 Å². The third-order valence-corrected chi connectivity index (χ3v) is 3.50. The Morgan fingerprint density at radius 3 is 2.88 bits per heavy atom. The number of imidazole rings is 1. The Labute approximate surface area is 103 Å². The molecule has 0 aliphatic heterocycles. The van der Waals surface area contributed by atoms with Crippen molar-refractivity contribution >= 4 is 16.3 Å². The van der Waals surface area contributed by atoms with Crippen LogP contribution in [0.3, 0.4) is 0 Å². The average molecular weight is 239 g/mol. The lowest BCUT2D eigenvalue weighted by Crippen LogP contribution is -1.86. The van der Waals surface area contributed by atoms with E-state index < -0.39 is 0 Å². The topological polar surface area (TPSA) is 41.1 Å². The second-order valence-corrected chi connectivity index (χ2v) is 4.54. The van der Waals surface area contributed by atoms with E-state index in [-0.39, 0.29) is 0 Å². The fourth-order valence-electron chi connectivity index (χ4n) is 1.79. The molecular weight excluding hydrogens is 230 g/mol. The van der Waals surface area contributed by atoms with E-state index in [2.05, 4.69) is 11.1 Å². The first-order valence-corrected chi connectivity index (χ1v) is 6.14. The highest BCUT2D eigenvalue weighted by Gasteiger charge is 2.08. The van der Waals surface area contributed by atoms with Crippen LogP contribution in [-0.4, -0.2) is 9.38 Å². The van der Waals surface area contributed by atoms with Crippen LogP contribution in [0.1, 0.15) is 5.69 Å². The van der Waals surface area contributed by atoms with Crippen molar-refractivity contribution in [2.75, 3.05) is 0 Å². The Morgan fingerprint density at radius 2 is 2.12 bits per heavy atom. The number of thiazole rings is 1. The van der Waals surface area contributed by atoms with Gasteiger partial charge in [-0.2, -0.15) is 5.26 Å². The van der Waals surface area contributed by atoms with Crippen LogP contribution in [0.2, 0.25) is 0 Å². The maximum atomic E-state index is 8.74. The maximum absolute atomic E-state index is 8.74. The Kier molecular flexibility index (Phi) is 2.39. The van der Waals surface area contributed by atoms with Crippen molar-refractivity contribution in [3.63, 3.8) is 0 Å².